The number of fused-ring (bicyclic) bond motifs is 2. The monoisotopic (exact) mass is 318 g/mol. The zero-order valence-corrected chi connectivity index (χ0v) is 13.0. The molecule has 24 heavy (non-hydrogen) atoms. The molecule has 0 aliphatic heterocycles. The van der Waals surface area contributed by atoms with E-state index in [4.69, 9.17) is 0 Å². The van der Waals surface area contributed by atoms with Crippen LogP contribution in [-0.4, -0.2) is 19.5 Å². The number of benzene rings is 2. The van der Waals surface area contributed by atoms with Gasteiger partial charge in [-0.1, -0.05) is 30.3 Å². The number of rotatable bonds is 3. The Morgan fingerprint density at radius 2 is 1.96 bits per heavy atom. The average Bonchev–Trinajstić information content (AvgIpc) is 2.97. The van der Waals surface area contributed by atoms with Crippen molar-refractivity contribution in [3.05, 3.63) is 76.2 Å². The lowest BCUT2D eigenvalue weighted by molar-refractivity contribution is -0.383. The Kier molecular flexibility index (Phi) is 3.23. The van der Waals surface area contributed by atoms with E-state index in [1.807, 2.05) is 47.0 Å². The molecule has 2 heterocycles. The lowest BCUT2D eigenvalue weighted by Gasteiger charge is -2.06. The van der Waals surface area contributed by atoms with E-state index in [2.05, 4.69) is 9.97 Å². The highest BCUT2D eigenvalue weighted by Crippen LogP contribution is 2.28. The van der Waals surface area contributed by atoms with Gasteiger partial charge in [0, 0.05) is 10.9 Å². The first-order valence-corrected chi connectivity index (χ1v) is 7.57. The summed E-state index contributed by atoms with van der Waals surface area (Å²) in [6.45, 7) is 2.24. The largest absolute Gasteiger partial charge is 0.324 e. The van der Waals surface area contributed by atoms with Gasteiger partial charge < -0.3 is 4.57 Å². The molecular formula is C18H14N4O2. The standard InChI is InChI=1S/C18H14N4O2/c1-12-6-9-16-17(18(12)22(23)24)19-11-21(16)10-14-8-7-13-4-2-3-5-15(13)20-14/h2-9,11H,10H2,1H3. The number of nitrogens with zero attached hydrogens (tertiary/aromatic N) is 4. The van der Waals surface area contributed by atoms with E-state index in [9.17, 15) is 10.1 Å². The normalized spacial score (nSPS) is 11.2. The molecular weight excluding hydrogens is 304 g/mol. The number of nitro groups is 1. The molecule has 0 fully saturated rings. The fourth-order valence-corrected chi connectivity index (χ4v) is 2.95. The van der Waals surface area contributed by atoms with Gasteiger partial charge in [0.2, 0.25) is 0 Å². The quantitative estimate of drug-likeness (QED) is 0.425. The first-order valence-electron chi connectivity index (χ1n) is 7.57. The van der Waals surface area contributed by atoms with Crippen LogP contribution in [0.25, 0.3) is 21.9 Å². The van der Waals surface area contributed by atoms with Gasteiger partial charge in [-0.05, 0) is 25.1 Å². The second-order valence-electron chi connectivity index (χ2n) is 5.72. The number of nitro benzene ring substituents is 1. The number of imidazole rings is 1. The van der Waals surface area contributed by atoms with E-state index in [1.54, 1.807) is 19.3 Å². The fraction of sp³-hybridized carbons (Fsp3) is 0.111. The Bertz CT molecular complexity index is 1080. The van der Waals surface area contributed by atoms with Crippen molar-refractivity contribution >= 4 is 27.6 Å². The topological polar surface area (TPSA) is 73.8 Å². The molecule has 0 unspecified atom stereocenters. The molecule has 0 bridgehead atoms. The van der Waals surface area contributed by atoms with E-state index in [1.165, 1.54) is 0 Å². The highest BCUT2D eigenvalue weighted by molar-refractivity contribution is 5.86. The van der Waals surface area contributed by atoms with Gasteiger partial charge in [0.1, 0.15) is 0 Å². The van der Waals surface area contributed by atoms with Crippen molar-refractivity contribution in [1.82, 2.24) is 14.5 Å². The molecule has 0 saturated heterocycles. The second kappa shape index (κ2) is 5.42. The molecule has 2 aromatic carbocycles. The summed E-state index contributed by atoms with van der Waals surface area (Å²) in [4.78, 5) is 19.8. The molecule has 2 aromatic heterocycles. The second-order valence-corrected chi connectivity index (χ2v) is 5.72. The number of aromatic nitrogens is 3. The highest BCUT2D eigenvalue weighted by Gasteiger charge is 2.19. The third kappa shape index (κ3) is 2.28. The summed E-state index contributed by atoms with van der Waals surface area (Å²) in [6, 6.07) is 15.6. The van der Waals surface area contributed by atoms with Crippen LogP contribution < -0.4 is 0 Å². The summed E-state index contributed by atoms with van der Waals surface area (Å²) >= 11 is 0. The van der Waals surface area contributed by atoms with Gasteiger partial charge in [-0.2, -0.15) is 0 Å². The van der Waals surface area contributed by atoms with Crippen LogP contribution in [0.1, 0.15) is 11.3 Å². The van der Waals surface area contributed by atoms with Crippen molar-refractivity contribution in [2.24, 2.45) is 0 Å². The molecule has 4 rings (SSSR count). The Labute approximate surface area is 137 Å². The Morgan fingerprint density at radius 3 is 2.79 bits per heavy atom. The van der Waals surface area contributed by atoms with Crippen molar-refractivity contribution in [2.75, 3.05) is 0 Å². The maximum atomic E-state index is 11.3. The summed E-state index contributed by atoms with van der Waals surface area (Å²) in [5, 5.41) is 12.4. The van der Waals surface area contributed by atoms with E-state index in [0.29, 0.717) is 17.6 Å². The Hall–Kier alpha value is -3.28. The minimum Gasteiger partial charge on any atom is -0.324 e. The Balaban J connectivity index is 1.79. The Morgan fingerprint density at radius 1 is 1.12 bits per heavy atom. The average molecular weight is 318 g/mol. The molecule has 6 heteroatoms. The van der Waals surface area contributed by atoms with Crippen molar-refractivity contribution < 1.29 is 4.92 Å². The van der Waals surface area contributed by atoms with E-state index in [-0.39, 0.29) is 10.6 Å². The molecule has 4 aromatic rings. The van der Waals surface area contributed by atoms with Crippen LogP contribution in [0, 0.1) is 17.0 Å². The van der Waals surface area contributed by atoms with Crippen molar-refractivity contribution in [2.45, 2.75) is 13.5 Å². The van der Waals surface area contributed by atoms with Crippen LogP contribution in [0.2, 0.25) is 0 Å². The number of hydrogen-bond donors (Lipinski definition) is 0. The molecule has 0 radical (unpaired) electrons. The predicted octanol–water partition coefficient (Wildman–Crippen LogP) is 3.85. The van der Waals surface area contributed by atoms with E-state index >= 15 is 0 Å². The predicted molar refractivity (Wildman–Crippen MR) is 92.0 cm³/mol. The minimum absolute atomic E-state index is 0.0673. The van der Waals surface area contributed by atoms with Crippen LogP contribution in [0.5, 0.6) is 0 Å². The molecule has 0 atom stereocenters. The van der Waals surface area contributed by atoms with Crippen LogP contribution in [0.4, 0.5) is 5.69 Å². The minimum atomic E-state index is -0.372. The smallest absolute Gasteiger partial charge is 0.299 e. The van der Waals surface area contributed by atoms with Gasteiger partial charge in [-0.3, -0.25) is 15.1 Å². The van der Waals surface area contributed by atoms with Gasteiger partial charge in [0.05, 0.1) is 34.5 Å². The summed E-state index contributed by atoms with van der Waals surface area (Å²) in [5.74, 6) is 0. The number of pyridine rings is 1. The molecule has 0 amide bonds. The zero-order chi connectivity index (χ0) is 16.7. The van der Waals surface area contributed by atoms with Gasteiger partial charge >= 0.3 is 0 Å². The van der Waals surface area contributed by atoms with Crippen molar-refractivity contribution in [1.29, 1.82) is 0 Å². The molecule has 0 saturated carbocycles. The molecule has 6 nitrogen and oxygen atoms in total. The van der Waals surface area contributed by atoms with E-state index < -0.39 is 0 Å². The maximum Gasteiger partial charge on any atom is 0.299 e. The molecule has 0 aliphatic carbocycles. The summed E-state index contributed by atoms with van der Waals surface area (Å²) in [7, 11) is 0. The lowest BCUT2D eigenvalue weighted by Crippen LogP contribution is -2.01. The highest BCUT2D eigenvalue weighted by atomic mass is 16.6. The molecule has 118 valence electrons. The molecule has 0 aliphatic rings. The third-order valence-corrected chi connectivity index (χ3v) is 4.14. The van der Waals surface area contributed by atoms with Gasteiger partial charge in [0.15, 0.2) is 5.52 Å². The van der Waals surface area contributed by atoms with Crippen molar-refractivity contribution in [3.8, 4) is 0 Å². The zero-order valence-electron chi connectivity index (χ0n) is 13.0. The molecule has 0 N–H and O–H groups in total. The van der Waals surface area contributed by atoms with Crippen LogP contribution >= 0.6 is 0 Å². The fourth-order valence-electron chi connectivity index (χ4n) is 2.95. The van der Waals surface area contributed by atoms with Gasteiger partial charge in [-0.15, -0.1) is 0 Å². The molecule has 0 spiro atoms. The van der Waals surface area contributed by atoms with Gasteiger partial charge in [0.25, 0.3) is 5.69 Å². The van der Waals surface area contributed by atoms with Crippen LogP contribution in [0.3, 0.4) is 0 Å². The van der Waals surface area contributed by atoms with Crippen molar-refractivity contribution in [3.63, 3.8) is 0 Å². The summed E-state index contributed by atoms with van der Waals surface area (Å²) < 4.78 is 1.89. The first kappa shape index (κ1) is 14.3. The maximum absolute atomic E-state index is 11.3. The lowest BCUT2D eigenvalue weighted by atomic mass is 10.1. The summed E-state index contributed by atoms with van der Waals surface area (Å²) in [6.07, 6.45) is 1.63. The number of aryl methyl sites for hydroxylation is 1. The van der Waals surface area contributed by atoms with Crippen LogP contribution in [0.15, 0.2) is 54.9 Å². The van der Waals surface area contributed by atoms with E-state index in [0.717, 1.165) is 22.1 Å². The number of para-hydroxylation sites is 1. The third-order valence-electron chi connectivity index (χ3n) is 4.14. The SMILES string of the molecule is Cc1ccc2c(ncn2Cc2ccc3ccccc3n2)c1[N+](=O)[O-]. The first-order chi connectivity index (χ1) is 11.6. The van der Waals surface area contributed by atoms with Gasteiger partial charge in [-0.25, -0.2) is 4.98 Å². The number of hydrogen-bond acceptors (Lipinski definition) is 4. The summed E-state index contributed by atoms with van der Waals surface area (Å²) in [5.41, 5.74) is 3.65. The van der Waals surface area contributed by atoms with Crippen LogP contribution in [-0.2, 0) is 6.54 Å².